The van der Waals surface area contributed by atoms with E-state index in [2.05, 4.69) is 4.99 Å². The van der Waals surface area contributed by atoms with Gasteiger partial charge in [0, 0.05) is 0 Å². The Balaban J connectivity index is 1.83. The van der Waals surface area contributed by atoms with Gasteiger partial charge in [0.05, 0.1) is 19.3 Å². The molecule has 0 unspecified atom stereocenters. The van der Waals surface area contributed by atoms with Gasteiger partial charge in [0.15, 0.2) is 11.5 Å². The number of aliphatic imine (C=N–C) groups is 1. The van der Waals surface area contributed by atoms with Crippen LogP contribution in [0.15, 0.2) is 23.2 Å². The van der Waals surface area contributed by atoms with Crippen molar-refractivity contribution in [3.63, 3.8) is 0 Å². The number of isocyanates is 1. The highest BCUT2D eigenvalue weighted by Crippen LogP contribution is 2.46. The summed E-state index contributed by atoms with van der Waals surface area (Å²) in [4.78, 5) is 14.7. The Morgan fingerprint density at radius 3 is 2.70 bits per heavy atom. The van der Waals surface area contributed by atoms with Crippen molar-refractivity contribution >= 4 is 6.08 Å². The van der Waals surface area contributed by atoms with Gasteiger partial charge in [0.25, 0.3) is 0 Å². The molecule has 0 bridgehead atoms. The third-order valence-corrected chi connectivity index (χ3v) is 4.31. The molecule has 0 aromatic heterocycles. The van der Waals surface area contributed by atoms with Crippen molar-refractivity contribution in [2.75, 3.05) is 13.7 Å². The number of nitrogens with zero attached hydrogens (tertiary/aromatic N) is 1. The van der Waals surface area contributed by atoms with E-state index in [1.54, 1.807) is 13.2 Å². The summed E-state index contributed by atoms with van der Waals surface area (Å²) >= 11 is 0. The lowest BCUT2D eigenvalue weighted by Gasteiger charge is -2.37. The van der Waals surface area contributed by atoms with Crippen LogP contribution in [-0.4, -0.2) is 19.8 Å². The second-order valence-corrected chi connectivity index (χ2v) is 5.71. The molecule has 3 rings (SSSR count). The summed E-state index contributed by atoms with van der Waals surface area (Å²) in [6, 6.07) is 5.87. The quantitative estimate of drug-likeness (QED) is 0.590. The molecular formula is C16H19NO3. The Bertz CT molecular complexity index is 541. The van der Waals surface area contributed by atoms with E-state index in [0.29, 0.717) is 5.92 Å². The monoisotopic (exact) mass is 273 g/mol. The molecule has 0 atom stereocenters. The summed E-state index contributed by atoms with van der Waals surface area (Å²) in [5.41, 5.74) is 0.632. The van der Waals surface area contributed by atoms with Crippen LogP contribution in [0.3, 0.4) is 0 Å². The third-order valence-electron chi connectivity index (χ3n) is 4.31. The molecular weight excluding hydrogens is 254 g/mol. The average Bonchev–Trinajstić information content (AvgIpc) is 3.24. The average molecular weight is 273 g/mol. The summed E-state index contributed by atoms with van der Waals surface area (Å²) < 4.78 is 11.2. The molecule has 106 valence electrons. The lowest BCUT2D eigenvalue weighted by molar-refractivity contribution is 0.252. The van der Waals surface area contributed by atoms with Crippen molar-refractivity contribution < 1.29 is 14.3 Å². The number of rotatable bonds is 6. The van der Waals surface area contributed by atoms with Crippen molar-refractivity contribution in [1.29, 1.82) is 0 Å². The smallest absolute Gasteiger partial charge is 0.235 e. The first kappa shape index (κ1) is 13.2. The van der Waals surface area contributed by atoms with Gasteiger partial charge in [-0.1, -0.05) is 6.07 Å². The lowest BCUT2D eigenvalue weighted by atomic mass is 9.72. The highest BCUT2D eigenvalue weighted by molar-refractivity contribution is 5.47. The summed E-state index contributed by atoms with van der Waals surface area (Å²) in [7, 11) is 1.64. The molecule has 0 heterocycles. The van der Waals surface area contributed by atoms with E-state index in [0.717, 1.165) is 42.9 Å². The van der Waals surface area contributed by atoms with Crippen molar-refractivity contribution in [1.82, 2.24) is 0 Å². The fourth-order valence-electron chi connectivity index (χ4n) is 2.63. The first-order chi connectivity index (χ1) is 9.77. The molecule has 0 amide bonds. The zero-order valence-corrected chi connectivity index (χ0v) is 11.7. The Hall–Kier alpha value is -1.80. The van der Waals surface area contributed by atoms with Crippen LogP contribution in [0.25, 0.3) is 0 Å². The lowest BCUT2D eigenvalue weighted by Crippen LogP contribution is -2.31. The molecule has 2 aliphatic rings. The number of carbonyl (C=O) groups excluding carboxylic acids is 1. The van der Waals surface area contributed by atoms with Gasteiger partial charge in [-0.3, -0.25) is 0 Å². The predicted octanol–water partition coefficient (Wildman–Crippen LogP) is 3.20. The zero-order chi connectivity index (χ0) is 14.0. The van der Waals surface area contributed by atoms with E-state index < -0.39 is 0 Å². The zero-order valence-electron chi connectivity index (χ0n) is 11.7. The highest BCUT2D eigenvalue weighted by Gasteiger charge is 2.39. The Kier molecular flexibility index (Phi) is 3.49. The summed E-state index contributed by atoms with van der Waals surface area (Å²) in [6.07, 6.45) is 7.12. The summed E-state index contributed by atoms with van der Waals surface area (Å²) in [6.45, 7) is 0.757. The molecule has 0 spiro atoms. The molecule has 0 saturated heterocycles. The summed E-state index contributed by atoms with van der Waals surface area (Å²) in [5.74, 6) is 2.19. The molecule has 2 aliphatic carbocycles. The maximum absolute atomic E-state index is 10.6. The fraction of sp³-hybridized carbons (Fsp3) is 0.562. The normalized spacial score (nSPS) is 19.6. The number of ether oxygens (including phenoxy) is 2. The van der Waals surface area contributed by atoms with Gasteiger partial charge in [-0.25, -0.2) is 4.79 Å². The van der Waals surface area contributed by atoms with Crippen LogP contribution >= 0.6 is 0 Å². The molecule has 1 aromatic carbocycles. The predicted molar refractivity (Wildman–Crippen MR) is 74.9 cm³/mol. The standard InChI is InChI=1S/C16H19NO3/c1-19-15-9-13(16(17-11-18)7-2-8-16)5-6-14(15)20-10-12-3-4-12/h5-6,9,12H,2-4,7-8,10H2,1H3. The van der Waals surface area contributed by atoms with Crippen molar-refractivity contribution in [3.8, 4) is 11.5 Å². The number of methoxy groups -OCH3 is 1. The van der Waals surface area contributed by atoms with Crippen molar-refractivity contribution in [2.45, 2.75) is 37.6 Å². The molecule has 2 fully saturated rings. The van der Waals surface area contributed by atoms with Crippen LogP contribution < -0.4 is 9.47 Å². The van der Waals surface area contributed by atoms with E-state index in [-0.39, 0.29) is 5.54 Å². The molecule has 1 aromatic rings. The number of hydrogen-bond donors (Lipinski definition) is 0. The Labute approximate surface area is 118 Å². The van der Waals surface area contributed by atoms with E-state index in [1.165, 1.54) is 12.8 Å². The fourth-order valence-corrected chi connectivity index (χ4v) is 2.63. The van der Waals surface area contributed by atoms with Crippen LogP contribution in [0.4, 0.5) is 0 Å². The molecule has 0 radical (unpaired) electrons. The highest BCUT2D eigenvalue weighted by atomic mass is 16.5. The first-order valence-electron chi connectivity index (χ1n) is 7.18. The van der Waals surface area contributed by atoms with Crippen LogP contribution in [0.5, 0.6) is 11.5 Å². The molecule has 0 N–H and O–H groups in total. The third kappa shape index (κ3) is 2.44. The largest absolute Gasteiger partial charge is 0.493 e. The van der Waals surface area contributed by atoms with Crippen LogP contribution in [0, 0.1) is 5.92 Å². The molecule has 20 heavy (non-hydrogen) atoms. The Morgan fingerprint density at radius 2 is 2.15 bits per heavy atom. The minimum atomic E-state index is -0.385. The van der Waals surface area contributed by atoms with Gasteiger partial charge in [-0.2, -0.15) is 4.99 Å². The van der Waals surface area contributed by atoms with Gasteiger partial charge >= 0.3 is 0 Å². The minimum absolute atomic E-state index is 0.385. The van der Waals surface area contributed by atoms with Crippen molar-refractivity contribution in [3.05, 3.63) is 23.8 Å². The van der Waals surface area contributed by atoms with Crippen LogP contribution in [-0.2, 0) is 10.3 Å². The van der Waals surface area contributed by atoms with Gasteiger partial charge in [-0.05, 0) is 55.7 Å². The van der Waals surface area contributed by atoms with E-state index in [9.17, 15) is 4.79 Å². The molecule has 4 heteroatoms. The molecule has 4 nitrogen and oxygen atoms in total. The maximum Gasteiger partial charge on any atom is 0.235 e. The first-order valence-corrected chi connectivity index (χ1v) is 7.18. The molecule has 0 aliphatic heterocycles. The second kappa shape index (κ2) is 5.29. The van der Waals surface area contributed by atoms with Crippen LogP contribution in [0.1, 0.15) is 37.7 Å². The van der Waals surface area contributed by atoms with Gasteiger partial charge in [0.2, 0.25) is 6.08 Å². The van der Waals surface area contributed by atoms with Crippen LogP contribution in [0.2, 0.25) is 0 Å². The topological polar surface area (TPSA) is 47.9 Å². The number of hydrogen-bond acceptors (Lipinski definition) is 4. The maximum atomic E-state index is 10.6. The van der Waals surface area contributed by atoms with E-state index in [4.69, 9.17) is 9.47 Å². The SMILES string of the molecule is COc1cc(C2(N=C=O)CCC2)ccc1OCC1CC1. The van der Waals surface area contributed by atoms with Gasteiger partial charge in [0.1, 0.15) is 0 Å². The number of benzene rings is 1. The summed E-state index contributed by atoms with van der Waals surface area (Å²) in [5, 5.41) is 0. The van der Waals surface area contributed by atoms with E-state index >= 15 is 0 Å². The minimum Gasteiger partial charge on any atom is -0.493 e. The van der Waals surface area contributed by atoms with Crippen molar-refractivity contribution in [2.24, 2.45) is 10.9 Å². The van der Waals surface area contributed by atoms with E-state index in [1.807, 2.05) is 18.2 Å². The molecule has 2 saturated carbocycles. The van der Waals surface area contributed by atoms with Gasteiger partial charge in [-0.15, -0.1) is 0 Å². The van der Waals surface area contributed by atoms with Gasteiger partial charge < -0.3 is 9.47 Å². The Morgan fingerprint density at radius 1 is 1.35 bits per heavy atom. The second-order valence-electron chi connectivity index (χ2n) is 5.71.